The van der Waals surface area contributed by atoms with Crippen molar-refractivity contribution in [3.8, 4) is 0 Å². The molecule has 1 fully saturated rings. The lowest BCUT2D eigenvalue weighted by Crippen LogP contribution is -2.53. The van der Waals surface area contributed by atoms with Crippen LogP contribution in [-0.4, -0.2) is 55.4 Å². The van der Waals surface area contributed by atoms with E-state index in [1.165, 1.54) is 10.9 Å². The van der Waals surface area contributed by atoms with E-state index in [0.717, 1.165) is 5.75 Å². The van der Waals surface area contributed by atoms with Gasteiger partial charge in [0, 0.05) is 42.4 Å². The predicted molar refractivity (Wildman–Crippen MR) is 80.2 cm³/mol. The number of hydrogen-bond donors (Lipinski definition) is 2. The standard InChI is InChI=1S/C13H20N4O3S/c1-8-9(2)21-5-4-17(8)13(20)15-11(12(18)19)10-6-14-16(3)7-10/h6-9,11H,4-5H2,1-3H3,(H,15,20)(H,18,19). The lowest BCUT2D eigenvalue weighted by atomic mass is 10.1. The van der Waals surface area contributed by atoms with Crippen molar-refractivity contribution in [2.75, 3.05) is 12.3 Å². The molecule has 21 heavy (non-hydrogen) atoms. The van der Waals surface area contributed by atoms with Gasteiger partial charge in [0.1, 0.15) is 0 Å². The van der Waals surface area contributed by atoms with Gasteiger partial charge in [-0.05, 0) is 6.92 Å². The zero-order valence-corrected chi connectivity index (χ0v) is 13.1. The van der Waals surface area contributed by atoms with Crippen molar-refractivity contribution in [2.24, 2.45) is 7.05 Å². The van der Waals surface area contributed by atoms with Crippen LogP contribution in [0, 0.1) is 0 Å². The number of hydrogen-bond acceptors (Lipinski definition) is 4. The van der Waals surface area contributed by atoms with E-state index >= 15 is 0 Å². The Hall–Kier alpha value is -1.70. The maximum Gasteiger partial charge on any atom is 0.331 e. The van der Waals surface area contributed by atoms with Crippen LogP contribution in [0.15, 0.2) is 12.4 Å². The molecule has 0 saturated carbocycles. The highest BCUT2D eigenvalue weighted by Crippen LogP contribution is 2.24. The summed E-state index contributed by atoms with van der Waals surface area (Å²) in [5.74, 6) is -0.229. The van der Waals surface area contributed by atoms with Crippen LogP contribution in [0.1, 0.15) is 25.5 Å². The number of aromatic nitrogens is 2. The summed E-state index contributed by atoms with van der Waals surface area (Å²) in [4.78, 5) is 25.5. The largest absolute Gasteiger partial charge is 0.479 e. The van der Waals surface area contributed by atoms with Gasteiger partial charge in [-0.3, -0.25) is 4.68 Å². The number of rotatable bonds is 3. The number of thioether (sulfide) groups is 1. The van der Waals surface area contributed by atoms with Gasteiger partial charge >= 0.3 is 12.0 Å². The summed E-state index contributed by atoms with van der Waals surface area (Å²) in [5, 5.41) is 16.2. The smallest absolute Gasteiger partial charge is 0.331 e. The molecular weight excluding hydrogens is 292 g/mol. The Bertz CT molecular complexity index is 533. The van der Waals surface area contributed by atoms with Crippen molar-refractivity contribution >= 4 is 23.8 Å². The molecule has 0 aromatic carbocycles. The highest BCUT2D eigenvalue weighted by Gasteiger charge is 2.32. The first kappa shape index (κ1) is 15.7. The second-order valence-corrected chi connectivity index (χ2v) is 6.66. The summed E-state index contributed by atoms with van der Waals surface area (Å²) < 4.78 is 1.51. The predicted octanol–water partition coefficient (Wildman–Crippen LogP) is 1.08. The minimum atomic E-state index is -1.09. The van der Waals surface area contributed by atoms with E-state index in [1.54, 1.807) is 18.1 Å². The molecule has 1 aromatic heterocycles. The molecule has 2 N–H and O–H groups in total. The molecule has 0 radical (unpaired) electrons. The summed E-state index contributed by atoms with van der Waals surface area (Å²) in [6, 6.07) is -1.35. The number of carbonyl (C=O) groups excluding carboxylic acids is 1. The molecule has 1 aromatic rings. The Morgan fingerprint density at radius 3 is 2.81 bits per heavy atom. The average molecular weight is 312 g/mol. The Balaban J connectivity index is 2.10. The van der Waals surface area contributed by atoms with Gasteiger partial charge in [0.15, 0.2) is 6.04 Å². The normalized spacial score (nSPS) is 23.7. The Labute approximate surface area is 127 Å². The Kier molecular flexibility index (Phi) is 4.76. The van der Waals surface area contributed by atoms with Crippen LogP contribution >= 0.6 is 11.8 Å². The van der Waals surface area contributed by atoms with Crippen LogP contribution in [0.2, 0.25) is 0 Å². The summed E-state index contributed by atoms with van der Waals surface area (Å²) >= 11 is 1.82. The molecule has 2 rings (SSSR count). The molecule has 1 aliphatic heterocycles. The third-order valence-electron chi connectivity index (χ3n) is 3.72. The van der Waals surface area contributed by atoms with Gasteiger partial charge in [-0.1, -0.05) is 6.92 Å². The number of nitrogens with zero attached hydrogens (tertiary/aromatic N) is 3. The number of carbonyl (C=O) groups is 2. The molecule has 0 bridgehead atoms. The molecule has 3 atom stereocenters. The van der Waals surface area contributed by atoms with Crippen LogP contribution in [0.3, 0.4) is 0 Å². The van der Waals surface area contributed by atoms with E-state index in [1.807, 2.05) is 18.7 Å². The third kappa shape index (κ3) is 3.49. The molecule has 3 unspecified atom stereocenters. The third-order valence-corrected chi connectivity index (χ3v) is 5.06. The van der Waals surface area contributed by atoms with Crippen molar-refractivity contribution in [3.05, 3.63) is 18.0 Å². The second-order valence-electron chi connectivity index (χ2n) is 5.18. The molecule has 7 nitrogen and oxygen atoms in total. The lowest BCUT2D eigenvalue weighted by Gasteiger charge is -2.37. The van der Waals surface area contributed by atoms with Gasteiger partial charge in [0.25, 0.3) is 0 Å². The van der Waals surface area contributed by atoms with E-state index in [0.29, 0.717) is 17.4 Å². The summed E-state index contributed by atoms with van der Waals surface area (Å²) in [6.45, 7) is 4.68. The van der Waals surface area contributed by atoms with Crippen LogP contribution < -0.4 is 5.32 Å². The fraction of sp³-hybridized carbons (Fsp3) is 0.615. The Morgan fingerprint density at radius 2 is 2.24 bits per heavy atom. The van der Waals surface area contributed by atoms with E-state index in [9.17, 15) is 14.7 Å². The monoisotopic (exact) mass is 312 g/mol. The maximum atomic E-state index is 12.4. The topological polar surface area (TPSA) is 87.5 Å². The molecule has 2 heterocycles. The number of aliphatic carboxylic acids is 1. The number of amides is 2. The van der Waals surface area contributed by atoms with Gasteiger partial charge in [0.2, 0.25) is 0 Å². The summed E-state index contributed by atoms with van der Waals surface area (Å²) in [6.07, 6.45) is 3.05. The molecule has 0 aliphatic carbocycles. The first-order chi connectivity index (χ1) is 9.90. The highest BCUT2D eigenvalue weighted by atomic mass is 32.2. The molecule has 116 valence electrons. The first-order valence-corrected chi connectivity index (χ1v) is 7.85. The number of carboxylic acid groups (broad SMARTS) is 1. The molecule has 8 heteroatoms. The number of urea groups is 1. The summed E-state index contributed by atoms with van der Waals surface area (Å²) in [5.41, 5.74) is 0.463. The van der Waals surface area contributed by atoms with Crippen LogP contribution in [0.25, 0.3) is 0 Å². The van der Waals surface area contributed by atoms with Crippen LogP contribution in [-0.2, 0) is 11.8 Å². The van der Waals surface area contributed by atoms with Crippen molar-refractivity contribution in [1.29, 1.82) is 0 Å². The van der Waals surface area contributed by atoms with Crippen molar-refractivity contribution in [1.82, 2.24) is 20.0 Å². The van der Waals surface area contributed by atoms with Gasteiger partial charge in [0.05, 0.1) is 6.20 Å². The van der Waals surface area contributed by atoms with Crippen molar-refractivity contribution in [3.63, 3.8) is 0 Å². The minimum Gasteiger partial charge on any atom is -0.479 e. The zero-order chi connectivity index (χ0) is 15.6. The zero-order valence-electron chi connectivity index (χ0n) is 12.3. The SMILES string of the molecule is CC1SCCN(C(=O)NC(C(=O)O)c2cnn(C)c2)C1C. The molecule has 1 saturated heterocycles. The van der Waals surface area contributed by atoms with Gasteiger partial charge in [-0.25, -0.2) is 9.59 Å². The Morgan fingerprint density at radius 1 is 1.52 bits per heavy atom. The van der Waals surface area contributed by atoms with E-state index < -0.39 is 12.0 Å². The van der Waals surface area contributed by atoms with E-state index in [-0.39, 0.29) is 12.1 Å². The fourth-order valence-corrected chi connectivity index (χ4v) is 3.40. The van der Waals surface area contributed by atoms with E-state index in [2.05, 4.69) is 17.3 Å². The van der Waals surface area contributed by atoms with Crippen molar-refractivity contribution < 1.29 is 14.7 Å². The minimum absolute atomic E-state index is 0.0760. The number of carboxylic acids is 1. The highest BCUT2D eigenvalue weighted by molar-refractivity contribution is 8.00. The van der Waals surface area contributed by atoms with Gasteiger partial charge in [-0.2, -0.15) is 16.9 Å². The molecule has 2 amide bonds. The quantitative estimate of drug-likeness (QED) is 0.872. The number of aryl methyl sites for hydroxylation is 1. The number of nitrogens with one attached hydrogen (secondary N) is 1. The molecule has 1 aliphatic rings. The van der Waals surface area contributed by atoms with E-state index in [4.69, 9.17) is 0 Å². The van der Waals surface area contributed by atoms with Gasteiger partial charge < -0.3 is 15.3 Å². The van der Waals surface area contributed by atoms with Crippen LogP contribution in [0.5, 0.6) is 0 Å². The first-order valence-electron chi connectivity index (χ1n) is 6.80. The van der Waals surface area contributed by atoms with Crippen molar-refractivity contribution in [2.45, 2.75) is 31.2 Å². The maximum absolute atomic E-state index is 12.4. The van der Waals surface area contributed by atoms with Crippen LogP contribution in [0.4, 0.5) is 4.79 Å². The fourth-order valence-electron chi connectivity index (χ4n) is 2.30. The second kappa shape index (κ2) is 6.38. The molecule has 0 spiro atoms. The van der Waals surface area contributed by atoms with Gasteiger partial charge in [-0.15, -0.1) is 0 Å². The lowest BCUT2D eigenvalue weighted by molar-refractivity contribution is -0.139. The molecular formula is C13H20N4O3S. The summed E-state index contributed by atoms with van der Waals surface area (Å²) in [7, 11) is 1.70. The average Bonchev–Trinajstić information content (AvgIpc) is 2.84.